The summed E-state index contributed by atoms with van der Waals surface area (Å²) < 4.78 is 5.17. The summed E-state index contributed by atoms with van der Waals surface area (Å²) in [5, 5.41) is 4.20. The standard InChI is InChI=1S/C19H24ClN5O/c1-21-19(23-14-15-6-7-22-18(12-15)26-2)25-10-8-24(9-11-25)17-5-3-4-16(20)13-17/h3-7,12-13H,8-11,14H2,1-2H3,(H,21,23). The van der Waals surface area contributed by atoms with Gasteiger partial charge >= 0.3 is 0 Å². The van der Waals surface area contributed by atoms with Crippen LogP contribution in [0.4, 0.5) is 5.69 Å². The predicted molar refractivity (Wildman–Crippen MR) is 106 cm³/mol. The maximum absolute atomic E-state index is 6.11. The summed E-state index contributed by atoms with van der Waals surface area (Å²) in [6.45, 7) is 4.37. The molecule has 1 aliphatic rings. The van der Waals surface area contributed by atoms with Crippen molar-refractivity contribution in [2.24, 2.45) is 4.99 Å². The van der Waals surface area contributed by atoms with Crippen LogP contribution in [-0.2, 0) is 6.54 Å². The SMILES string of the molecule is CN=C(NCc1ccnc(OC)c1)N1CCN(c2cccc(Cl)c2)CC1. The Morgan fingerprint density at radius 2 is 2.04 bits per heavy atom. The van der Waals surface area contributed by atoms with E-state index in [1.165, 1.54) is 5.69 Å². The molecule has 0 bridgehead atoms. The van der Waals surface area contributed by atoms with Gasteiger partial charge in [0.15, 0.2) is 5.96 Å². The Bertz CT molecular complexity index is 759. The van der Waals surface area contributed by atoms with Gasteiger partial charge in [-0.25, -0.2) is 4.98 Å². The van der Waals surface area contributed by atoms with E-state index in [1.807, 2.05) is 37.4 Å². The monoisotopic (exact) mass is 373 g/mol. The summed E-state index contributed by atoms with van der Waals surface area (Å²) in [6.07, 6.45) is 1.75. The van der Waals surface area contributed by atoms with Crippen LogP contribution in [0.25, 0.3) is 0 Å². The number of nitrogens with zero attached hydrogens (tertiary/aromatic N) is 4. The van der Waals surface area contributed by atoms with Crippen molar-refractivity contribution in [2.45, 2.75) is 6.54 Å². The first-order valence-corrected chi connectivity index (χ1v) is 9.02. The molecule has 1 aromatic heterocycles. The van der Waals surface area contributed by atoms with Crippen molar-refractivity contribution in [3.05, 3.63) is 53.2 Å². The number of piperazine rings is 1. The molecule has 7 heteroatoms. The molecule has 0 amide bonds. The van der Waals surface area contributed by atoms with Crippen LogP contribution >= 0.6 is 11.6 Å². The second-order valence-corrected chi connectivity index (χ2v) is 6.50. The van der Waals surface area contributed by atoms with Crippen LogP contribution in [-0.4, -0.2) is 56.2 Å². The highest BCUT2D eigenvalue weighted by Gasteiger charge is 2.19. The van der Waals surface area contributed by atoms with Crippen molar-refractivity contribution >= 4 is 23.2 Å². The number of halogens is 1. The summed E-state index contributed by atoms with van der Waals surface area (Å²) in [4.78, 5) is 13.2. The lowest BCUT2D eigenvalue weighted by atomic mass is 10.2. The summed E-state index contributed by atoms with van der Waals surface area (Å²) in [5.74, 6) is 1.53. The average molecular weight is 374 g/mol. The Hall–Kier alpha value is -2.47. The number of hydrogen-bond donors (Lipinski definition) is 1. The molecule has 0 saturated carbocycles. The number of hydrogen-bond acceptors (Lipinski definition) is 4. The fourth-order valence-corrected chi connectivity index (χ4v) is 3.22. The second-order valence-electron chi connectivity index (χ2n) is 6.06. The maximum Gasteiger partial charge on any atom is 0.213 e. The van der Waals surface area contributed by atoms with E-state index in [4.69, 9.17) is 16.3 Å². The van der Waals surface area contributed by atoms with Crippen molar-refractivity contribution in [2.75, 3.05) is 45.2 Å². The van der Waals surface area contributed by atoms with Gasteiger partial charge in [0.1, 0.15) is 0 Å². The van der Waals surface area contributed by atoms with Crippen molar-refractivity contribution in [3.8, 4) is 5.88 Å². The first-order valence-electron chi connectivity index (χ1n) is 8.64. The zero-order chi connectivity index (χ0) is 18.4. The van der Waals surface area contributed by atoms with Crippen molar-refractivity contribution < 1.29 is 4.74 Å². The minimum Gasteiger partial charge on any atom is -0.481 e. The molecule has 1 saturated heterocycles. The van der Waals surface area contributed by atoms with Crippen molar-refractivity contribution in [1.29, 1.82) is 0 Å². The number of aromatic nitrogens is 1. The molecule has 0 atom stereocenters. The van der Waals surface area contributed by atoms with Gasteiger partial charge in [0.25, 0.3) is 0 Å². The lowest BCUT2D eigenvalue weighted by Gasteiger charge is -2.37. The Morgan fingerprint density at radius 3 is 2.73 bits per heavy atom. The van der Waals surface area contributed by atoms with Gasteiger partial charge in [0.2, 0.25) is 5.88 Å². The summed E-state index contributed by atoms with van der Waals surface area (Å²) in [7, 11) is 3.44. The number of pyridine rings is 1. The average Bonchev–Trinajstić information content (AvgIpc) is 2.69. The number of rotatable bonds is 4. The number of anilines is 1. The molecule has 0 unspecified atom stereocenters. The molecule has 1 fully saturated rings. The molecular weight excluding hydrogens is 350 g/mol. The maximum atomic E-state index is 6.11. The number of methoxy groups -OCH3 is 1. The Morgan fingerprint density at radius 1 is 1.23 bits per heavy atom. The van der Waals surface area contributed by atoms with Crippen molar-refractivity contribution in [3.63, 3.8) is 0 Å². The van der Waals surface area contributed by atoms with E-state index in [2.05, 4.69) is 31.2 Å². The fraction of sp³-hybridized carbons (Fsp3) is 0.368. The Labute approximate surface area is 159 Å². The quantitative estimate of drug-likeness (QED) is 0.659. The lowest BCUT2D eigenvalue weighted by Crippen LogP contribution is -2.52. The van der Waals surface area contributed by atoms with E-state index >= 15 is 0 Å². The van der Waals surface area contributed by atoms with Gasteiger partial charge in [-0.05, 0) is 29.8 Å². The number of guanidine groups is 1. The molecule has 0 aliphatic carbocycles. The first-order chi connectivity index (χ1) is 12.7. The van der Waals surface area contributed by atoms with Gasteiger partial charge in [-0.15, -0.1) is 0 Å². The Balaban J connectivity index is 1.55. The molecule has 1 aromatic carbocycles. The molecule has 1 N–H and O–H groups in total. The van der Waals surface area contributed by atoms with Crippen LogP contribution < -0.4 is 15.0 Å². The molecular formula is C19H24ClN5O. The van der Waals surface area contributed by atoms with E-state index < -0.39 is 0 Å². The molecule has 3 rings (SSSR count). The summed E-state index contributed by atoms with van der Waals surface area (Å²) in [5.41, 5.74) is 2.28. The van der Waals surface area contributed by atoms with Crippen LogP contribution in [0.3, 0.4) is 0 Å². The van der Waals surface area contributed by atoms with E-state index in [0.717, 1.165) is 42.7 Å². The fourth-order valence-electron chi connectivity index (χ4n) is 3.03. The Kier molecular flexibility index (Phi) is 6.17. The second kappa shape index (κ2) is 8.76. The normalized spacial score (nSPS) is 15.1. The van der Waals surface area contributed by atoms with E-state index in [9.17, 15) is 0 Å². The molecule has 2 aromatic rings. The van der Waals surface area contributed by atoms with Gasteiger partial charge < -0.3 is 19.9 Å². The van der Waals surface area contributed by atoms with Gasteiger partial charge in [-0.1, -0.05) is 17.7 Å². The highest BCUT2D eigenvalue weighted by atomic mass is 35.5. The van der Waals surface area contributed by atoms with Crippen molar-refractivity contribution in [1.82, 2.24) is 15.2 Å². The number of nitrogens with one attached hydrogen (secondary N) is 1. The molecule has 2 heterocycles. The smallest absolute Gasteiger partial charge is 0.213 e. The van der Waals surface area contributed by atoms with Gasteiger partial charge in [0.05, 0.1) is 7.11 Å². The van der Waals surface area contributed by atoms with E-state index in [0.29, 0.717) is 12.4 Å². The van der Waals surface area contributed by atoms with E-state index in [-0.39, 0.29) is 0 Å². The molecule has 0 spiro atoms. The highest BCUT2D eigenvalue weighted by molar-refractivity contribution is 6.30. The largest absolute Gasteiger partial charge is 0.481 e. The molecule has 6 nitrogen and oxygen atoms in total. The van der Waals surface area contributed by atoms with E-state index in [1.54, 1.807) is 13.3 Å². The molecule has 26 heavy (non-hydrogen) atoms. The minimum atomic E-state index is 0.620. The number of ether oxygens (including phenoxy) is 1. The minimum absolute atomic E-state index is 0.620. The lowest BCUT2D eigenvalue weighted by molar-refractivity contribution is 0.372. The first kappa shape index (κ1) is 18.3. The summed E-state index contributed by atoms with van der Waals surface area (Å²) >= 11 is 6.11. The molecule has 1 aliphatic heterocycles. The number of benzene rings is 1. The highest BCUT2D eigenvalue weighted by Crippen LogP contribution is 2.20. The topological polar surface area (TPSA) is 53.0 Å². The van der Waals surface area contributed by atoms with Gasteiger partial charge in [0, 0.05) is 62.7 Å². The third-order valence-electron chi connectivity index (χ3n) is 4.42. The van der Waals surface area contributed by atoms with Gasteiger partial charge in [-0.3, -0.25) is 4.99 Å². The van der Waals surface area contributed by atoms with Crippen LogP contribution in [0, 0.1) is 0 Å². The van der Waals surface area contributed by atoms with Crippen LogP contribution in [0.1, 0.15) is 5.56 Å². The summed E-state index contributed by atoms with van der Waals surface area (Å²) in [6, 6.07) is 11.9. The zero-order valence-corrected chi connectivity index (χ0v) is 15.9. The zero-order valence-electron chi connectivity index (χ0n) is 15.2. The van der Waals surface area contributed by atoms with Crippen LogP contribution in [0.15, 0.2) is 47.6 Å². The molecule has 0 radical (unpaired) electrons. The van der Waals surface area contributed by atoms with Crippen LogP contribution in [0.5, 0.6) is 5.88 Å². The third kappa shape index (κ3) is 4.58. The number of aliphatic imine (C=N–C) groups is 1. The molecule has 138 valence electrons. The van der Waals surface area contributed by atoms with Crippen LogP contribution in [0.2, 0.25) is 5.02 Å². The van der Waals surface area contributed by atoms with Gasteiger partial charge in [-0.2, -0.15) is 0 Å². The third-order valence-corrected chi connectivity index (χ3v) is 4.66. The predicted octanol–water partition coefficient (Wildman–Crippen LogP) is 2.64.